The van der Waals surface area contributed by atoms with Crippen molar-refractivity contribution < 1.29 is 9.22 Å². The zero-order chi connectivity index (χ0) is 15.6. The second kappa shape index (κ2) is 5.96. The van der Waals surface area contributed by atoms with Gasteiger partial charge in [-0.25, -0.2) is 0 Å². The Bertz CT molecular complexity index is 510. The number of hydrogen-bond acceptors (Lipinski definition) is 2. The minimum atomic E-state index is -1.87. The van der Waals surface area contributed by atoms with Crippen molar-refractivity contribution in [1.82, 2.24) is 0 Å². The predicted molar refractivity (Wildman–Crippen MR) is 88.2 cm³/mol. The first kappa shape index (κ1) is 16.7. The lowest BCUT2D eigenvalue weighted by Crippen LogP contribution is -2.44. The molecule has 0 saturated heterocycles. The number of ketones is 1. The molecule has 0 aromatic heterocycles. The maximum atomic E-state index is 11.5. The number of hydrogen-bond donors (Lipinski definition) is 0. The first-order valence-corrected chi connectivity index (χ1v) is 9.93. The van der Waals surface area contributed by atoms with Crippen molar-refractivity contribution >= 4 is 14.1 Å². The van der Waals surface area contributed by atoms with Gasteiger partial charge >= 0.3 is 0 Å². The van der Waals surface area contributed by atoms with Crippen LogP contribution in [0.15, 0.2) is 30.9 Å². The van der Waals surface area contributed by atoms with E-state index in [-0.39, 0.29) is 10.8 Å². The van der Waals surface area contributed by atoms with Crippen LogP contribution in [0.1, 0.15) is 43.6 Å². The molecule has 0 saturated carbocycles. The molecule has 20 heavy (non-hydrogen) atoms. The molecule has 0 unspecified atom stereocenters. The van der Waals surface area contributed by atoms with E-state index in [0.717, 1.165) is 16.9 Å². The van der Waals surface area contributed by atoms with E-state index < -0.39 is 8.32 Å². The van der Waals surface area contributed by atoms with Gasteiger partial charge in [-0.15, -0.1) is 6.58 Å². The van der Waals surface area contributed by atoms with Crippen LogP contribution in [0.5, 0.6) is 5.75 Å². The first-order valence-electron chi connectivity index (χ1n) is 7.02. The van der Waals surface area contributed by atoms with Crippen LogP contribution < -0.4 is 4.43 Å². The highest BCUT2D eigenvalue weighted by molar-refractivity contribution is 6.74. The van der Waals surface area contributed by atoms with Gasteiger partial charge in [0.2, 0.25) is 8.32 Å². The molecule has 3 heteroatoms. The van der Waals surface area contributed by atoms with E-state index in [9.17, 15) is 4.79 Å². The van der Waals surface area contributed by atoms with E-state index >= 15 is 0 Å². The highest BCUT2D eigenvalue weighted by Gasteiger charge is 2.39. The van der Waals surface area contributed by atoms with Crippen LogP contribution in [0.4, 0.5) is 0 Å². The summed E-state index contributed by atoms with van der Waals surface area (Å²) in [4.78, 5) is 11.5. The van der Waals surface area contributed by atoms with Crippen LogP contribution >= 0.6 is 0 Å². The minimum Gasteiger partial charge on any atom is -0.543 e. The molecule has 0 aliphatic heterocycles. The molecule has 0 heterocycles. The monoisotopic (exact) mass is 290 g/mol. The molecule has 0 amide bonds. The van der Waals surface area contributed by atoms with Gasteiger partial charge in [0.25, 0.3) is 0 Å². The third-order valence-electron chi connectivity index (χ3n) is 4.00. The fourth-order valence-corrected chi connectivity index (χ4v) is 2.70. The van der Waals surface area contributed by atoms with E-state index in [1.165, 1.54) is 0 Å². The third kappa shape index (κ3) is 3.82. The maximum absolute atomic E-state index is 11.5. The molecule has 0 aliphatic carbocycles. The number of benzene rings is 1. The van der Waals surface area contributed by atoms with Gasteiger partial charge in [-0.3, -0.25) is 4.79 Å². The Hall–Kier alpha value is -1.35. The van der Waals surface area contributed by atoms with E-state index in [0.29, 0.717) is 6.42 Å². The number of carbonyl (C=O) groups is 1. The average molecular weight is 290 g/mol. The van der Waals surface area contributed by atoms with Crippen LogP contribution in [0.25, 0.3) is 0 Å². The fraction of sp³-hybridized carbons (Fsp3) is 0.471. The highest BCUT2D eigenvalue weighted by Crippen LogP contribution is 2.38. The number of allylic oxidation sites excluding steroid dienone is 1. The van der Waals surface area contributed by atoms with Gasteiger partial charge in [0.1, 0.15) is 5.75 Å². The Morgan fingerprint density at radius 2 is 1.95 bits per heavy atom. The molecule has 2 nitrogen and oxygen atoms in total. The van der Waals surface area contributed by atoms with Gasteiger partial charge in [-0.05, 0) is 55.2 Å². The second-order valence-electron chi connectivity index (χ2n) is 6.73. The summed E-state index contributed by atoms with van der Waals surface area (Å²) in [5.74, 6) is 0.968. The number of rotatable bonds is 5. The zero-order valence-electron chi connectivity index (χ0n) is 13.5. The summed E-state index contributed by atoms with van der Waals surface area (Å²) >= 11 is 0. The Balaban J connectivity index is 3.18. The van der Waals surface area contributed by atoms with Gasteiger partial charge in [-0.1, -0.05) is 26.8 Å². The maximum Gasteiger partial charge on any atom is 0.250 e. The topological polar surface area (TPSA) is 26.3 Å². The molecule has 0 fully saturated rings. The van der Waals surface area contributed by atoms with Crippen molar-refractivity contribution in [1.29, 1.82) is 0 Å². The Kier molecular flexibility index (Phi) is 4.98. The lowest BCUT2D eigenvalue weighted by atomic mass is 10.0. The van der Waals surface area contributed by atoms with Crippen molar-refractivity contribution in [2.45, 2.75) is 52.2 Å². The molecule has 0 aliphatic rings. The SMILES string of the molecule is C=CCc1cc(C(C)=O)ccc1O[Si](C)(C)C(C)(C)C. The lowest BCUT2D eigenvalue weighted by Gasteiger charge is -2.37. The number of carbonyl (C=O) groups excluding carboxylic acids is 1. The summed E-state index contributed by atoms with van der Waals surface area (Å²) < 4.78 is 6.36. The van der Waals surface area contributed by atoms with E-state index in [2.05, 4.69) is 40.4 Å². The average Bonchev–Trinajstić information content (AvgIpc) is 2.29. The van der Waals surface area contributed by atoms with Crippen LogP contribution in [0.3, 0.4) is 0 Å². The van der Waals surface area contributed by atoms with Gasteiger partial charge in [-0.2, -0.15) is 0 Å². The Morgan fingerprint density at radius 3 is 2.40 bits per heavy atom. The van der Waals surface area contributed by atoms with Crippen LogP contribution in [-0.2, 0) is 6.42 Å². The molecule has 0 bridgehead atoms. The van der Waals surface area contributed by atoms with Crippen LogP contribution in [0, 0.1) is 0 Å². The van der Waals surface area contributed by atoms with Gasteiger partial charge in [0.05, 0.1) is 0 Å². The quantitative estimate of drug-likeness (QED) is 0.433. The molecule has 0 spiro atoms. The van der Waals surface area contributed by atoms with Crippen molar-refractivity contribution in [2.24, 2.45) is 0 Å². The summed E-state index contributed by atoms with van der Waals surface area (Å²) in [7, 11) is -1.87. The molecule has 0 N–H and O–H groups in total. The molecule has 0 atom stereocenters. The van der Waals surface area contributed by atoms with Crippen molar-refractivity contribution in [2.75, 3.05) is 0 Å². The second-order valence-corrected chi connectivity index (χ2v) is 11.5. The highest BCUT2D eigenvalue weighted by atomic mass is 28.4. The van der Waals surface area contributed by atoms with E-state index in [4.69, 9.17) is 4.43 Å². The third-order valence-corrected chi connectivity index (χ3v) is 8.35. The normalized spacial score (nSPS) is 12.1. The molecule has 0 radical (unpaired) electrons. The summed E-state index contributed by atoms with van der Waals surface area (Å²) in [5, 5.41) is 0.150. The molecular formula is C17H26O2Si. The molecule has 1 aromatic rings. The van der Waals surface area contributed by atoms with Crippen molar-refractivity contribution in [3.8, 4) is 5.75 Å². The molecule has 1 rings (SSSR count). The standard InChI is InChI=1S/C17H26O2Si/c1-8-9-15-12-14(13(2)18)10-11-16(15)19-20(6,7)17(3,4)5/h8,10-12H,1,9H2,2-7H3. The molecular weight excluding hydrogens is 264 g/mol. The Labute approximate surface area is 124 Å². The first-order chi connectivity index (χ1) is 9.08. The van der Waals surface area contributed by atoms with Gasteiger partial charge in [0, 0.05) is 5.56 Å². The number of Topliss-reactive ketones (excluding diaryl/α,β-unsaturated/α-hetero) is 1. The zero-order valence-corrected chi connectivity index (χ0v) is 14.5. The summed E-state index contributed by atoms with van der Waals surface area (Å²) in [5.41, 5.74) is 1.77. The van der Waals surface area contributed by atoms with E-state index in [1.54, 1.807) is 6.92 Å². The summed E-state index contributed by atoms with van der Waals surface area (Å²) in [6.45, 7) is 16.5. The summed E-state index contributed by atoms with van der Waals surface area (Å²) in [6, 6.07) is 5.69. The fourth-order valence-electron chi connectivity index (χ4n) is 1.64. The molecule has 1 aromatic carbocycles. The smallest absolute Gasteiger partial charge is 0.250 e. The predicted octanol–water partition coefficient (Wildman–Crippen LogP) is 5.00. The van der Waals surface area contributed by atoms with Crippen LogP contribution in [0.2, 0.25) is 18.1 Å². The summed E-state index contributed by atoms with van der Waals surface area (Å²) in [6.07, 6.45) is 2.56. The lowest BCUT2D eigenvalue weighted by molar-refractivity contribution is 0.101. The van der Waals surface area contributed by atoms with Crippen molar-refractivity contribution in [3.05, 3.63) is 42.0 Å². The van der Waals surface area contributed by atoms with Crippen molar-refractivity contribution in [3.63, 3.8) is 0 Å². The molecule has 110 valence electrons. The largest absolute Gasteiger partial charge is 0.543 e. The van der Waals surface area contributed by atoms with E-state index in [1.807, 2.05) is 24.3 Å². The van der Waals surface area contributed by atoms with Gasteiger partial charge < -0.3 is 4.43 Å². The minimum absolute atomic E-state index is 0.0780. The van der Waals surface area contributed by atoms with Crippen LogP contribution in [-0.4, -0.2) is 14.1 Å². The van der Waals surface area contributed by atoms with Gasteiger partial charge in [0.15, 0.2) is 5.78 Å². The Morgan fingerprint density at radius 1 is 1.35 bits per heavy atom.